The third-order valence-corrected chi connectivity index (χ3v) is 6.93. The van der Waals surface area contributed by atoms with Crippen LogP contribution in [0.2, 0.25) is 0 Å². The van der Waals surface area contributed by atoms with Crippen LogP contribution < -0.4 is 15.4 Å². The van der Waals surface area contributed by atoms with Crippen LogP contribution in [0.15, 0.2) is 29.4 Å². The van der Waals surface area contributed by atoms with E-state index in [4.69, 9.17) is 4.74 Å². The Kier molecular flexibility index (Phi) is 4.67. The van der Waals surface area contributed by atoms with Crippen molar-refractivity contribution in [3.8, 4) is 5.88 Å². The molecule has 8 heteroatoms. The standard InChI is InChI=1S/C19H24N4O3S/c1-12(2)16(23-18-17-19(22-11-21-18)26-8-7-20-17)14-6-5-13-4-3-9-27(24,25)15(13)10-14/h5-6,10-12,16,20H,3-4,7-9H2,1-2H3,(H,21,22,23)/t16-/m0/s1. The van der Waals surface area contributed by atoms with Gasteiger partial charge in [-0.15, -0.1) is 0 Å². The predicted octanol–water partition coefficient (Wildman–Crippen LogP) is 2.81. The molecule has 2 N–H and O–H groups in total. The van der Waals surface area contributed by atoms with E-state index in [1.54, 1.807) is 0 Å². The third kappa shape index (κ3) is 3.45. The van der Waals surface area contributed by atoms with Crippen molar-refractivity contribution in [1.29, 1.82) is 0 Å². The van der Waals surface area contributed by atoms with Gasteiger partial charge >= 0.3 is 0 Å². The lowest BCUT2D eigenvalue weighted by atomic mass is 9.94. The summed E-state index contributed by atoms with van der Waals surface area (Å²) >= 11 is 0. The van der Waals surface area contributed by atoms with Crippen molar-refractivity contribution in [3.63, 3.8) is 0 Å². The van der Waals surface area contributed by atoms with Gasteiger partial charge in [-0.25, -0.2) is 13.4 Å². The summed E-state index contributed by atoms with van der Waals surface area (Å²) in [5, 5.41) is 6.75. The highest BCUT2D eigenvalue weighted by Gasteiger charge is 2.27. The van der Waals surface area contributed by atoms with E-state index in [0.29, 0.717) is 36.2 Å². The van der Waals surface area contributed by atoms with Gasteiger partial charge in [-0.3, -0.25) is 0 Å². The molecule has 0 fully saturated rings. The Morgan fingerprint density at radius 2 is 2.11 bits per heavy atom. The lowest BCUT2D eigenvalue weighted by Crippen LogP contribution is -2.24. The number of aryl methyl sites for hydroxylation is 1. The van der Waals surface area contributed by atoms with Crippen molar-refractivity contribution in [3.05, 3.63) is 35.7 Å². The molecule has 0 radical (unpaired) electrons. The molecular formula is C19H24N4O3S. The van der Waals surface area contributed by atoms with Gasteiger partial charge in [0.15, 0.2) is 15.7 Å². The van der Waals surface area contributed by atoms with Gasteiger partial charge in [0.25, 0.3) is 0 Å². The zero-order valence-electron chi connectivity index (χ0n) is 15.5. The molecule has 0 saturated carbocycles. The fraction of sp³-hybridized carbons (Fsp3) is 0.474. The average molecular weight is 388 g/mol. The number of anilines is 2. The van der Waals surface area contributed by atoms with Crippen LogP contribution in [0.25, 0.3) is 0 Å². The molecule has 1 atom stereocenters. The number of ether oxygens (including phenoxy) is 1. The molecule has 0 saturated heterocycles. The van der Waals surface area contributed by atoms with E-state index in [1.165, 1.54) is 6.33 Å². The first kappa shape index (κ1) is 18.0. The number of hydrogen-bond donors (Lipinski definition) is 2. The number of sulfone groups is 1. The third-order valence-electron chi connectivity index (χ3n) is 5.06. The van der Waals surface area contributed by atoms with Crippen molar-refractivity contribution < 1.29 is 13.2 Å². The summed E-state index contributed by atoms with van der Waals surface area (Å²) in [5.41, 5.74) is 2.61. The molecule has 0 unspecified atom stereocenters. The smallest absolute Gasteiger partial charge is 0.242 e. The lowest BCUT2D eigenvalue weighted by molar-refractivity contribution is 0.310. The van der Waals surface area contributed by atoms with Gasteiger partial charge < -0.3 is 15.4 Å². The minimum absolute atomic E-state index is 0.0878. The summed E-state index contributed by atoms with van der Waals surface area (Å²) in [7, 11) is -3.20. The Morgan fingerprint density at radius 1 is 1.26 bits per heavy atom. The van der Waals surface area contributed by atoms with E-state index in [1.807, 2.05) is 18.2 Å². The van der Waals surface area contributed by atoms with Crippen LogP contribution in [0.5, 0.6) is 5.88 Å². The van der Waals surface area contributed by atoms with E-state index in [0.717, 1.165) is 23.2 Å². The normalized spacial score (nSPS) is 18.6. The molecule has 1 aromatic heterocycles. The van der Waals surface area contributed by atoms with Crippen molar-refractivity contribution in [2.75, 3.05) is 29.5 Å². The summed E-state index contributed by atoms with van der Waals surface area (Å²) in [4.78, 5) is 9.02. The first-order chi connectivity index (χ1) is 13.0. The number of rotatable bonds is 4. The highest BCUT2D eigenvalue weighted by Crippen LogP contribution is 2.36. The monoisotopic (exact) mass is 388 g/mol. The first-order valence-corrected chi connectivity index (χ1v) is 10.9. The van der Waals surface area contributed by atoms with Gasteiger partial charge in [0, 0.05) is 6.54 Å². The molecule has 1 aromatic carbocycles. The number of aromatic nitrogens is 2. The molecule has 0 amide bonds. The molecule has 144 valence electrons. The van der Waals surface area contributed by atoms with E-state index >= 15 is 0 Å². The molecule has 0 aliphatic carbocycles. The van der Waals surface area contributed by atoms with Gasteiger partial charge in [-0.05, 0) is 36.0 Å². The highest BCUT2D eigenvalue weighted by molar-refractivity contribution is 7.91. The molecule has 4 rings (SSSR count). The van der Waals surface area contributed by atoms with Crippen LogP contribution in [0.4, 0.5) is 11.5 Å². The van der Waals surface area contributed by atoms with Gasteiger partial charge in [0.2, 0.25) is 5.88 Å². The second kappa shape index (κ2) is 6.99. The second-order valence-corrected chi connectivity index (χ2v) is 9.41. The lowest BCUT2D eigenvalue weighted by Gasteiger charge is -2.28. The van der Waals surface area contributed by atoms with Gasteiger partial charge in [-0.2, -0.15) is 4.98 Å². The number of fused-ring (bicyclic) bond motifs is 2. The summed E-state index contributed by atoms with van der Waals surface area (Å²) in [5.74, 6) is 1.65. The largest absolute Gasteiger partial charge is 0.474 e. The Balaban J connectivity index is 1.71. The fourth-order valence-corrected chi connectivity index (χ4v) is 5.31. The maximum atomic E-state index is 12.5. The van der Waals surface area contributed by atoms with Gasteiger partial charge in [-0.1, -0.05) is 26.0 Å². The molecule has 7 nitrogen and oxygen atoms in total. The molecule has 2 aliphatic rings. The molecule has 0 spiro atoms. The summed E-state index contributed by atoms with van der Waals surface area (Å²) in [6.45, 7) is 5.46. The van der Waals surface area contributed by atoms with Crippen LogP contribution in [0.1, 0.15) is 37.4 Å². The molecule has 2 aromatic rings. The zero-order chi connectivity index (χ0) is 19.0. The van der Waals surface area contributed by atoms with Crippen LogP contribution in [0, 0.1) is 5.92 Å². The first-order valence-electron chi connectivity index (χ1n) is 9.29. The maximum absolute atomic E-state index is 12.5. The van der Waals surface area contributed by atoms with Crippen molar-refractivity contribution in [2.24, 2.45) is 5.92 Å². The van der Waals surface area contributed by atoms with E-state index < -0.39 is 9.84 Å². The predicted molar refractivity (Wildman–Crippen MR) is 104 cm³/mol. The van der Waals surface area contributed by atoms with Crippen LogP contribution in [-0.2, 0) is 16.3 Å². The molecule has 2 aliphatic heterocycles. The van der Waals surface area contributed by atoms with Crippen molar-refractivity contribution in [1.82, 2.24) is 9.97 Å². The fourth-order valence-electron chi connectivity index (χ4n) is 3.68. The van der Waals surface area contributed by atoms with E-state index in [-0.39, 0.29) is 17.7 Å². The highest BCUT2D eigenvalue weighted by atomic mass is 32.2. The van der Waals surface area contributed by atoms with Gasteiger partial charge in [0.1, 0.15) is 18.6 Å². The van der Waals surface area contributed by atoms with Crippen LogP contribution in [0.3, 0.4) is 0 Å². The van der Waals surface area contributed by atoms with Crippen LogP contribution in [-0.4, -0.2) is 37.3 Å². The molecular weight excluding hydrogens is 364 g/mol. The summed E-state index contributed by atoms with van der Waals surface area (Å²) in [6, 6.07) is 5.72. The second-order valence-electron chi connectivity index (χ2n) is 7.33. The summed E-state index contributed by atoms with van der Waals surface area (Å²) < 4.78 is 30.6. The summed E-state index contributed by atoms with van der Waals surface area (Å²) in [6.07, 6.45) is 2.98. The Morgan fingerprint density at radius 3 is 2.93 bits per heavy atom. The van der Waals surface area contributed by atoms with E-state index in [9.17, 15) is 8.42 Å². The minimum atomic E-state index is -3.20. The molecule has 27 heavy (non-hydrogen) atoms. The number of hydrogen-bond acceptors (Lipinski definition) is 7. The minimum Gasteiger partial charge on any atom is -0.474 e. The van der Waals surface area contributed by atoms with Crippen molar-refractivity contribution in [2.45, 2.75) is 37.6 Å². The average Bonchev–Trinajstić information content (AvgIpc) is 2.66. The number of nitrogens with one attached hydrogen (secondary N) is 2. The van der Waals surface area contributed by atoms with Crippen molar-refractivity contribution >= 4 is 21.3 Å². The number of nitrogens with zero attached hydrogens (tertiary/aromatic N) is 2. The Labute approximate surface area is 159 Å². The molecule has 0 bridgehead atoms. The Bertz CT molecular complexity index is 959. The molecule has 3 heterocycles. The maximum Gasteiger partial charge on any atom is 0.242 e. The van der Waals surface area contributed by atoms with Gasteiger partial charge in [0.05, 0.1) is 16.7 Å². The Hall–Kier alpha value is -2.35. The quantitative estimate of drug-likeness (QED) is 0.832. The van der Waals surface area contributed by atoms with E-state index in [2.05, 4.69) is 34.4 Å². The zero-order valence-corrected chi connectivity index (χ0v) is 16.3. The van der Waals surface area contributed by atoms with Crippen LogP contribution >= 0.6 is 0 Å². The number of benzene rings is 1. The SMILES string of the molecule is CC(C)[C@H](Nc1ncnc2c1NCCO2)c1ccc2c(c1)S(=O)(=O)CCC2. The topological polar surface area (TPSA) is 93.2 Å².